The number of aliphatic hydroxyl groups excluding tert-OH is 1. The van der Waals surface area contributed by atoms with Gasteiger partial charge in [-0.3, -0.25) is 19.3 Å². The van der Waals surface area contributed by atoms with Crippen LogP contribution in [0.25, 0.3) is 11.0 Å². The smallest absolute Gasteiger partial charge is 0.269 e. The molecule has 3 aromatic rings. The molecule has 170 valence electrons. The second-order valence-electron chi connectivity index (χ2n) is 7.84. The number of amides is 2. The van der Waals surface area contributed by atoms with Crippen molar-refractivity contribution in [3.8, 4) is 5.75 Å². The molecule has 1 N–H and O–H groups in total. The SMILES string of the molecule is COc1ccc2ncc(=O)n(CC(O)[C@H]3OC[C@H](N4C(=O)c5ccccc5C4=O)CO3)c2c1. The van der Waals surface area contributed by atoms with Crippen LogP contribution in [0, 0.1) is 0 Å². The Kier molecular flexibility index (Phi) is 5.41. The zero-order chi connectivity index (χ0) is 23.1. The van der Waals surface area contributed by atoms with Crippen molar-refractivity contribution in [2.45, 2.75) is 25.0 Å². The fraction of sp³-hybridized carbons (Fsp3) is 0.304. The minimum absolute atomic E-state index is 0.00695. The zero-order valence-electron chi connectivity index (χ0n) is 17.7. The van der Waals surface area contributed by atoms with Gasteiger partial charge in [-0.05, 0) is 24.3 Å². The monoisotopic (exact) mass is 451 g/mol. The fourth-order valence-corrected chi connectivity index (χ4v) is 4.15. The van der Waals surface area contributed by atoms with Crippen molar-refractivity contribution in [1.82, 2.24) is 14.5 Å². The van der Waals surface area contributed by atoms with Crippen LogP contribution in [-0.4, -0.2) is 70.1 Å². The van der Waals surface area contributed by atoms with E-state index in [9.17, 15) is 19.5 Å². The second-order valence-corrected chi connectivity index (χ2v) is 7.84. The van der Waals surface area contributed by atoms with E-state index in [2.05, 4.69) is 4.98 Å². The molecule has 1 unspecified atom stereocenters. The van der Waals surface area contributed by atoms with Crippen LogP contribution in [0.4, 0.5) is 0 Å². The van der Waals surface area contributed by atoms with Gasteiger partial charge < -0.3 is 23.9 Å². The molecule has 0 spiro atoms. The molecule has 1 saturated heterocycles. The number of fused-ring (bicyclic) bond motifs is 2. The van der Waals surface area contributed by atoms with E-state index >= 15 is 0 Å². The number of nitrogens with zero attached hydrogens (tertiary/aromatic N) is 3. The molecule has 10 heteroatoms. The maximum atomic E-state index is 12.7. The predicted molar refractivity (Wildman–Crippen MR) is 115 cm³/mol. The predicted octanol–water partition coefficient (Wildman–Crippen LogP) is 0.804. The molecule has 0 bridgehead atoms. The Balaban J connectivity index is 1.29. The highest BCUT2D eigenvalue weighted by atomic mass is 16.7. The summed E-state index contributed by atoms with van der Waals surface area (Å²) in [7, 11) is 1.52. The van der Waals surface area contributed by atoms with Crippen molar-refractivity contribution in [1.29, 1.82) is 0 Å². The number of ether oxygens (including phenoxy) is 3. The molecule has 1 aromatic heterocycles. The molecule has 1 fully saturated rings. The number of hydrogen-bond acceptors (Lipinski definition) is 8. The molecular weight excluding hydrogens is 430 g/mol. The number of imide groups is 1. The van der Waals surface area contributed by atoms with Crippen LogP contribution >= 0.6 is 0 Å². The summed E-state index contributed by atoms with van der Waals surface area (Å²) in [4.78, 5) is 43.0. The van der Waals surface area contributed by atoms with Gasteiger partial charge in [0.05, 0.1) is 61.3 Å². The topological polar surface area (TPSA) is 120 Å². The average Bonchev–Trinajstić information content (AvgIpc) is 3.10. The largest absolute Gasteiger partial charge is 0.497 e. The van der Waals surface area contributed by atoms with Gasteiger partial charge >= 0.3 is 0 Å². The Morgan fingerprint density at radius 3 is 2.39 bits per heavy atom. The lowest BCUT2D eigenvalue weighted by atomic mass is 10.1. The van der Waals surface area contributed by atoms with E-state index in [0.29, 0.717) is 27.9 Å². The quantitative estimate of drug-likeness (QED) is 0.566. The molecule has 0 saturated carbocycles. The van der Waals surface area contributed by atoms with E-state index in [-0.39, 0.29) is 19.8 Å². The third-order valence-electron chi connectivity index (χ3n) is 5.83. The number of carbonyl (C=O) groups excluding carboxylic acids is 2. The first-order valence-corrected chi connectivity index (χ1v) is 10.4. The van der Waals surface area contributed by atoms with E-state index in [0.717, 1.165) is 4.90 Å². The summed E-state index contributed by atoms with van der Waals surface area (Å²) in [5, 5.41) is 10.7. The lowest BCUT2D eigenvalue weighted by molar-refractivity contribution is -0.238. The maximum Gasteiger partial charge on any atom is 0.269 e. The van der Waals surface area contributed by atoms with Crippen LogP contribution in [-0.2, 0) is 16.0 Å². The first-order chi connectivity index (χ1) is 16.0. The summed E-state index contributed by atoms with van der Waals surface area (Å²) in [6, 6.07) is 11.1. The van der Waals surface area contributed by atoms with Gasteiger partial charge in [-0.2, -0.15) is 0 Å². The van der Waals surface area contributed by atoms with E-state index in [1.807, 2.05) is 0 Å². The summed E-state index contributed by atoms with van der Waals surface area (Å²) >= 11 is 0. The number of rotatable bonds is 5. The lowest BCUT2D eigenvalue weighted by Crippen LogP contribution is -2.52. The summed E-state index contributed by atoms with van der Waals surface area (Å²) in [5.74, 6) is -0.238. The number of benzene rings is 2. The van der Waals surface area contributed by atoms with Gasteiger partial charge in [0.15, 0.2) is 6.29 Å². The van der Waals surface area contributed by atoms with Gasteiger partial charge in [-0.1, -0.05) is 12.1 Å². The summed E-state index contributed by atoms with van der Waals surface area (Å²) in [5.41, 5.74) is 1.38. The summed E-state index contributed by atoms with van der Waals surface area (Å²) in [6.07, 6.45) is -1.03. The number of aromatic nitrogens is 2. The number of aliphatic hydroxyl groups is 1. The Hall–Kier alpha value is -3.60. The van der Waals surface area contributed by atoms with Crippen LogP contribution in [0.15, 0.2) is 53.5 Å². The van der Waals surface area contributed by atoms with Gasteiger partial charge in [0.25, 0.3) is 17.4 Å². The van der Waals surface area contributed by atoms with Crippen molar-refractivity contribution in [3.05, 3.63) is 70.1 Å². The minimum Gasteiger partial charge on any atom is -0.497 e. The maximum absolute atomic E-state index is 12.7. The molecule has 2 aromatic carbocycles. The Bertz CT molecular complexity index is 1260. The normalized spacial score (nSPS) is 21.3. The summed E-state index contributed by atoms with van der Waals surface area (Å²) in [6.45, 7) is -0.0899. The third-order valence-corrected chi connectivity index (χ3v) is 5.83. The lowest BCUT2D eigenvalue weighted by Gasteiger charge is -2.35. The molecule has 3 heterocycles. The molecule has 2 amide bonds. The van der Waals surface area contributed by atoms with Gasteiger partial charge in [0.2, 0.25) is 0 Å². The molecule has 1 atom stereocenters. The number of hydrogen-bond donors (Lipinski definition) is 1. The van der Waals surface area contributed by atoms with Crippen LogP contribution in [0.2, 0.25) is 0 Å². The molecule has 33 heavy (non-hydrogen) atoms. The highest BCUT2D eigenvalue weighted by molar-refractivity contribution is 6.21. The van der Waals surface area contributed by atoms with E-state index < -0.39 is 35.8 Å². The standard InChI is InChI=1S/C23H21N3O7/c1-31-14-6-7-17-18(8-14)25(20(28)9-24-17)10-19(27)23-32-11-13(12-33-23)26-21(29)15-4-2-3-5-16(15)22(26)30/h2-9,13,19,23,27H,10-12H2,1H3/t13-,19?,23-. The minimum atomic E-state index is -1.18. The summed E-state index contributed by atoms with van der Waals surface area (Å²) < 4.78 is 17.9. The highest BCUT2D eigenvalue weighted by Crippen LogP contribution is 2.27. The fourth-order valence-electron chi connectivity index (χ4n) is 4.15. The van der Waals surface area contributed by atoms with Gasteiger partial charge in [-0.15, -0.1) is 0 Å². The van der Waals surface area contributed by atoms with Crippen molar-refractivity contribution in [2.75, 3.05) is 20.3 Å². The number of methoxy groups -OCH3 is 1. The van der Waals surface area contributed by atoms with Gasteiger partial charge in [-0.25, -0.2) is 4.98 Å². The van der Waals surface area contributed by atoms with Gasteiger partial charge in [0.1, 0.15) is 11.9 Å². The zero-order valence-corrected chi connectivity index (χ0v) is 17.7. The van der Waals surface area contributed by atoms with Crippen molar-refractivity contribution in [3.63, 3.8) is 0 Å². The molecule has 0 aliphatic carbocycles. The van der Waals surface area contributed by atoms with Crippen molar-refractivity contribution < 1.29 is 28.9 Å². The third kappa shape index (κ3) is 3.67. The van der Waals surface area contributed by atoms with Crippen molar-refractivity contribution in [2.24, 2.45) is 0 Å². The Morgan fingerprint density at radius 2 is 1.76 bits per heavy atom. The Morgan fingerprint density at radius 1 is 1.09 bits per heavy atom. The van der Waals surface area contributed by atoms with Crippen LogP contribution < -0.4 is 10.3 Å². The molecular formula is C23H21N3O7. The van der Waals surface area contributed by atoms with E-state index in [1.54, 1.807) is 42.5 Å². The molecule has 5 rings (SSSR count). The van der Waals surface area contributed by atoms with Crippen LogP contribution in [0.5, 0.6) is 5.75 Å². The second kappa shape index (κ2) is 8.39. The van der Waals surface area contributed by atoms with Crippen LogP contribution in [0.3, 0.4) is 0 Å². The first kappa shape index (κ1) is 21.3. The van der Waals surface area contributed by atoms with E-state index in [4.69, 9.17) is 14.2 Å². The Labute approximate surface area is 187 Å². The molecule has 0 radical (unpaired) electrons. The van der Waals surface area contributed by atoms with Crippen LogP contribution in [0.1, 0.15) is 20.7 Å². The first-order valence-electron chi connectivity index (χ1n) is 10.4. The highest BCUT2D eigenvalue weighted by Gasteiger charge is 2.42. The van der Waals surface area contributed by atoms with Gasteiger partial charge in [0, 0.05) is 6.07 Å². The molecule has 2 aliphatic rings. The van der Waals surface area contributed by atoms with Crippen molar-refractivity contribution >= 4 is 22.8 Å². The number of carbonyl (C=O) groups is 2. The molecule has 2 aliphatic heterocycles. The average molecular weight is 451 g/mol. The van der Waals surface area contributed by atoms with E-state index in [1.165, 1.54) is 17.9 Å². The molecule has 10 nitrogen and oxygen atoms in total.